The van der Waals surface area contributed by atoms with Gasteiger partial charge in [0.25, 0.3) is 5.91 Å². The number of carbonyl (C=O) groups is 1. The van der Waals surface area contributed by atoms with Crippen LogP contribution in [0.1, 0.15) is 47.6 Å². The molecule has 0 fully saturated rings. The first kappa shape index (κ1) is 23.6. The van der Waals surface area contributed by atoms with Gasteiger partial charge in [0.05, 0.1) is 17.9 Å². The zero-order chi connectivity index (χ0) is 24.5. The molecule has 2 heterocycles. The van der Waals surface area contributed by atoms with Crippen LogP contribution >= 0.6 is 0 Å². The van der Waals surface area contributed by atoms with Crippen molar-refractivity contribution in [1.29, 1.82) is 0 Å². The Morgan fingerprint density at radius 3 is 2.71 bits per heavy atom. The van der Waals surface area contributed by atoms with E-state index in [2.05, 4.69) is 10.5 Å². The fourth-order valence-electron chi connectivity index (χ4n) is 4.39. The third-order valence-electron chi connectivity index (χ3n) is 5.90. The summed E-state index contributed by atoms with van der Waals surface area (Å²) in [4.78, 5) is 13.4. The number of aryl methyl sites for hydroxylation is 3. The Morgan fingerprint density at radius 2 is 2.00 bits per heavy atom. The number of fused-ring (bicyclic) bond motifs is 1. The van der Waals surface area contributed by atoms with Crippen molar-refractivity contribution >= 4 is 16.8 Å². The largest absolute Gasteiger partial charge is 0.493 e. The lowest BCUT2D eigenvalue weighted by Crippen LogP contribution is -2.47. The molecule has 0 saturated heterocycles. The number of carbonyl (C=O) groups excluding carboxylic acids is 1. The van der Waals surface area contributed by atoms with Gasteiger partial charge in [-0.05, 0) is 56.5 Å². The van der Waals surface area contributed by atoms with E-state index in [0.717, 1.165) is 39.7 Å². The molecule has 0 radical (unpaired) electrons. The summed E-state index contributed by atoms with van der Waals surface area (Å²) in [5.41, 5.74) is 3.30. The smallest absolute Gasteiger partial charge is 0.257 e. The first-order chi connectivity index (χ1) is 16.2. The van der Waals surface area contributed by atoms with Crippen LogP contribution in [0, 0.1) is 13.8 Å². The number of ether oxygens (including phenoxy) is 1. The molecule has 0 aliphatic heterocycles. The van der Waals surface area contributed by atoms with E-state index in [0.29, 0.717) is 23.7 Å². The Balaban J connectivity index is 1.64. The summed E-state index contributed by atoms with van der Waals surface area (Å²) in [6, 6.07) is 13.4. The number of hydrogen-bond acceptors (Lipinski definition) is 5. The average Bonchev–Trinajstić information content (AvgIpc) is 3.30. The molecular formula is C27H31N3O4. The molecule has 0 aliphatic rings. The van der Waals surface area contributed by atoms with Gasteiger partial charge in [-0.1, -0.05) is 36.3 Å². The first-order valence-electron chi connectivity index (χ1n) is 11.5. The lowest BCUT2D eigenvalue weighted by atomic mass is 9.99. The number of benzene rings is 2. The van der Waals surface area contributed by atoms with E-state index >= 15 is 0 Å². The third kappa shape index (κ3) is 4.70. The highest BCUT2D eigenvalue weighted by molar-refractivity contribution is 5.98. The van der Waals surface area contributed by atoms with Crippen molar-refractivity contribution in [3.8, 4) is 16.9 Å². The number of aromatic nitrogens is 2. The Labute approximate surface area is 199 Å². The molecule has 2 aromatic heterocycles. The molecule has 2 aromatic carbocycles. The molecule has 7 heteroatoms. The zero-order valence-corrected chi connectivity index (χ0v) is 20.3. The SMILES string of the molecule is CCCOc1ccc(-c2c(C)noc2C)cc1C(=O)N[C@](C)(O)Cc1cn(C)c2ccccc12. The van der Waals surface area contributed by atoms with Gasteiger partial charge in [-0.15, -0.1) is 0 Å². The quantitative estimate of drug-likeness (QED) is 0.364. The molecule has 178 valence electrons. The van der Waals surface area contributed by atoms with Crippen molar-refractivity contribution in [2.75, 3.05) is 6.61 Å². The average molecular weight is 462 g/mol. The molecule has 0 aliphatic carbocycles. The van der Waals surface area contributed by atoms with Gasteiger partial charge in [0.15, 0.2) is 0 Å². The first-order valence-corrected chi connectivity index (χ1v) is 11.5. The van der Waals surface area contributed by atoms with Crippen LogP contribution in [-0.2, 0) is 13.5 Å². The van der Waals surface area contributed by atoms with E-state index in [4.69, 9.17) is 9.26 Å². The van der Waals surface area contributed by atoms with E-state index < -0.39 is 11.6 Å². The van der Waals surface area contributed by atoms with Crippen LogP contribution in [0.4, 0.5) is 0 Å². The standard InChI is InChI=1S/C27H31N3O4/c1-6-13-33-24-12-11-19(25-17(2)29-34-18(25)3)14-22(24)26(31)28-27(4,32)15-20-16-30(5)23-10-8-7-9-21(20)23/h7-12,14,16,32H,6,13,15H2,1-5H3,(H,28,31)/t27-/m1/s1. The van der Waals surface area contributed by atoms with Crippen molar-refractivity contribution < 1.29 is 19.2 Å². The predicted molar refractivity (Wildman–Crippen MR) is 132 cm³/mol. The molecule has 34 heavy (non-hydrogen) atoms. The van der Waals surface area contributed by atoms with Crippen LogP contribution in [0.25, 0.3) is 22.0 Å². The second kappa shape index (κ2) is 9.35. The predicted octanol–water partition coefficient (Wildman–Crippen LogP) is 4.92. The number of rotatable bonds is 8. The summed E-state index contributed by atoms with van der Waals surface area (Å²) >= 11 is 0. The number of hydrogen-bond donors (Lipinski definition) is 2. The molecule has 1 atom stereocenters. The summed E-state index contributed by atoms with van der Waals surface area (Å²) in [6.45, 7) is 7.80. The molecule has 2 N–H and O–H groups in total. The Kier molecular flexibility index (Phi) is 6.48. The maximum Gasteiger partial charge on any atom is 0.257 e. The maximum absolute atomic E-state index is 13.4. The van der Waals surface area contributed by atoms with Gasteiger partial charge < -0.3 is 24.3 Å². The van der Waals surface area contributed by atoms with Crippen LogP contribution in [0.15, 0.2) is 53.2 Å². The molecule has 7 nitrogen and oxygen atoms in total. The summed E-state index contributed by atoms with van der Waals surface area (Å²) in [5.74, 6) is 0.731. The highest BCUT2D eigenvalue weighted by atomic mass is 16.5. The number of amides is 1. The van der Waals surface area contributed by atoms with Crippen molar-refractivity contribution in [1.82, 2.24) is 15.0 Å². The van der Waals surface area contributed by atoms with E-state index in [-0.39, 0.29) is 6.42 Å². The van der Waals surface area contributed by atoms with Crippen molar-refractivity contribution in [2.45, 2.75) is 46.3 Å². The Hall–Kier alpha value is -3.58. The molecule has 0 saturated carbocycles. The van der Waals surface area contributed by atoms with Crippen molar-refractivity contribution in [3.05, 3.63) is 71.2 Å². The fraction of sp³-hybridized carbons (Fsp3) is 0.333. The van der Waals surface area contributed by atoms with E-state index in [1.807, 2.05) is 68.9 Å². The van der Waals surface area contributed by atoms with E-state index in [9.17, 15) is 9.90 Å². The minimum absolute atomic E-state index is 0.259. The second-order valence-corrected chi connectivity index (χ2v) is 8.95. The lowest BCUT2D eigenvalue weighted by Gasteiger charge is -2.25. The Morgan fingerprint density at radius 1 is 1.24 bits per heavy atom. The fourth-order valence-corrected chi connectivity index (χ4v) is 4.39. The maximum atomic E-state index is 13.4. The lowest BCUT2D eigenvalue weighted by molar-refractivity contribution is 0.0234. The highest BCUT2D eigenvalue weighted by Gasteiger charge is 2.27. The van der Waals surface area contributed by atoms with Crippen molar-refractivity contribution in [2.24, 2.45) is 7.05 Å². The molecular weight excluding hydrogens is 430 g/mol. The van der Waals surface area contributed by atoms with Crippen LogP contribution in [0.2, 0.25) is 0 Å². The summed E-state index contributed by atoms with van der Waals surface area (Å²) in [5, 5.41) is 19.0. The van der Waals surface area contributed by atoms with Gasteiger partial charge in [-0.25, -0.2) is 0 Å². The van der Waals surface area contributed by atoms with Crippen molar-refractivity contribution in [3.63, 3.8) is 0 Å². The Bertz CT molecular complexity index is 1310. The van der Waals surface area contributed by atoms with Crippen LogP contribution in [-0.4, -0.2) is 33.1 Å². The molecule has 0 spiro atoms. The van der Waals surface area contributed by atoms with Crippen LogP contribution < -0.4 is 10.1 Å². The third-order valence-corrected chi connectivity index (χ3v) is 5.90. The monoisotopic (exact) mass is 461 g/mol. The van der Waals surface area contributed by atoms with Gasteiger partial charge in [-0.2, -0.15) is 0 Å². The van der Waals surface area contributed by atoms with Gasteiger partial charge in [0, 0.05) is 36.1 Å². The number of para-hydroxylation sites is 1. The molecule has 0 bridgehead atoms. The van der Waals surface area contributed by atoms with E-state index in [1.165, 1.54) is 0 Å². The summed E-state index contributed by atoms with van der Waals surface area (Å²) in [7, 11) is 1.97. The minimum atomic E-state index is -1.47. The van der Waals surface area contributed by atoms with Crippen LogP contribution in [0.5, 0.6) is 5.75 Å². The number of nitrogens with one attached hydrogen (secondary N) is 1. The second-order valence-electron chi connectivity index (χ2n) is 8.95. The molecule has 4 aromatic rings. The van der Waals surface area contributed by atoms with Gasteiger partial charge >= 0.3 is 0 Å². The molecule has 1 amide bonds. The highest BCUT2D eigenvalue weighted by Crippen LogP contribution is 2.32. The number of aliphatic hydroxyl groups is 1. The summed E-state index contributed by atoms with van der Waals surface area (Å²) < 4.78 is 13.2. The molecule has 4 rings (SSSR count). The minimum Gasteiger partial charge on any atom is -0.493 e. The normalized spacial score (nSPS) is 13.1. The summed E-state index contributed by atoms with van der Waals surface area (Å²) in [6.07, 6.45) is 3.05. The van der Waals surface area contributed by atoms with Crippen LogP contribution in [0.3, 0.4) is 0 Å². The van der Waals surface area contributed by atoms with E-state index in [1.54, 1.807) is 19.1 Å². The topological polar surface area (TPSA) is 89.5 Å². The zero-order valence-electron chi connectivity index (χ0n) is 20.3. The molecule has 0 unspecified atom stereocenters. The number of nitrogens with zero attached hydrogens (tertiary/aromatic N) is 2. The van der Waals surface area contributed by atoms with Gasteiger partial charge in [0.2, 0.25) is 0 Å². The van der Waals surface area contributed by atoms with Gasteiger partial charge in [0.1, 0.15) is 17.2 Å². The van der Waals surface area contributed by atoms with Gasteiger partial charge in [-0.3, -0.25) is 4.79 Å².